The molecule has 0 saturated carbocycles. The summed E-state index contributed by atoms with van der Waals surface area (Å²) in [6, 6.07) is 11.1. The van der Waals surface area contributed by atoms with E-state index in [1.807, 2.05) is 19.9 Å². The standard InChI is InChI=1S/C22H25FN2O4/c1-4-25(13-20(26)24-12-17-5-7-19(23)8-6-17)21(27)14-29-22(28)18-10-15(2)9-16(3)11-18/h5-11H,4,12-14H2,1-3H3,(H,24,26). The van der Waals surface area contributed by atoms with E-state index in [0.717, 1.165) is 16.7 Å². The van der Waals surface area contributed by atoms with Crippen molar-refractivity contribution >= 4 is 17.8 Å². The number of nitrogens with one attached hydrogen (secondary N) is 1. The van der Waals surface area contributed by atoms with Crippen molar-refractivity contribution in [1.82, 2.24) is 10.2 Å². The van der Waals surface area contributed by atoms with Gasteiger partial charge in [-0.05, 0) is 50.6 Å². The Labute approximate surface area is 169 Å². The maximum Gasteiger partial charge on any atom is 0.338 e. The van der Waals surface area contributed by atoms with Gasteiger partial charge in [0.25, 0.3) is 5.91 Å². The fraction of sp³-hybridized carbons (Fsp3) is 0.318. The first-order valence-electron chi connectivity index (χ1n) is 9.32. The lowest BCUT2D eigenvalue weighted by molar-refractivity contribution is -0.138. The summed E-state index contributed by atoms with van der Waals surface area (Å²) in [6.07, 6.45) is 0. The zero-order chi connectivity index (χ0) is 21.4. The van der Waals surface area contributed by atoms with Gasteiger partial charge in [-0.15, -0.1) is 0 Å². The number of halogens is 1. The Morgan fingerprint density at radius 2 is 1.66 bits per heavy atom. The number of amides is 2. The Kier molecular flexibility index (Phi) is 7.88. The SMILES string of the molecule is CCN(CC(=O)NCc1ccc(F)cc1)C(=O)COC(=O)c1cc(C)cc(C)c1. The molecule has 0 aromatic heterocycles. The highest BCUT2D eigenvalue weighted by atomic mass is 19.1. The number of ether oxygens (including phenoxy) is 1. The second-order valence-corrected chi connectivity index (χ2v) is 6.76. The van der Waals surface area contributed by atoms with Gasteiger partial charge >= 0.3 is 5.97 Å². The van der Waals surface area contributed by atoms with Crippen molar-refractivity contribution in [3.63, 3.8) is 0 Å². The third kappa shape index (κ3) is 7.03. The first-order valence-corrected chi connectivity index (χ1v) is 9.32. The van der Waals surface area contributed by atoms with Crippen molar-refractivity contribution < 1.29 is 23.5 Å². The zero-order valence-electron chi connectivity index (χ0n) is 16.8. The molecule has 2 aromatic rings. The summed E-state index contributed by atoms with van der Waals surface area (Å²) in [4.78, 5) is 37.9. The molecule has 6 nitrogen and oxygen atoms in total. The molecule has 0 bridgehead atoms. The predicted octanol–water partition coefficient (Wildman–Crippen LogP) is 2.76. The second kappa shape index (κ2) is 10.4. The van der Waals surface area contributed by atoms with Crippen LogP contribution in [0.2, 0.25) is 0 Å². The molecule has 0 fully saturated rings. The van der Waals surface area contributed by atoms with Gasteiger partial charge in [-0.1, -0.05) is 29.3 Å². The van der Waals surface area contributed by atoms with E-state index in [-0.39, 0.29) is 24.8 Å². The van der Waals surface area contributed by atoms with Crippen molar-refractivity contribution in [1.29, 1.82) is 0 Å². The van der Waals surface area contributed by atoms with Gasteiger partial charge in [0.05, 0.1) is 12.1 Å². The highest BCUT2D eigenvalue weighted by molar-refractivity contribution is 5.92. The van der Waals surface area contributed by atoms with E-state index < -0.39 is 18.5 Å². The number of aryl methyl sites for hydroxylation is 2. The van der Waals surface area contributed by atoms with Gasteiger partial charge < -0.3 is 15.0 Å². The molecule has 29 heavy (non-hydrogen) atoms. The minimum atomic E-state index is -0.582. The fourth-order valence-electron chi connectivity index (χ4n) is 2.80. The number of hydrogen-bond donors (Lipinski definition) is 1. The van der Waals surface area contributed by atoms with Crippen molar-refractivity contribution in [2.75, 3.05) is 19.7 Å². The van der Waals surface area contributed by atoms with Crippen LogP contribution in [-0.4, -0.2) is 42.4 Å². The van der Waals surface area contributed by atoms with E-state index in [1.54, 1.807) is 31.2 Å². The molecule has 154 valence electrons. The first kappa shape index (κ1) is 22.1. The zero-order valence-corrected chi connectivity index (χ0v) is 16.8. The lowest BCUT2D eigenvalue weighted by atomic mass is 10.1. The minimum Gasteiger partial charge on any atom is -0.452 e. The molecular formula is C22H25FN2O4. The van der Waals surface area contributed by atoms with Crippen LogP contribution in [0.5, 0.6) is 0 Å². The molecule has 0 radical (unpaired) electrons. The summed E-state index contributed by atoms with van der Waals surface area (Å²) in [6.45, 7) is 5.41. The Morgan fingerprint density at radius 3 is 2.24 bits per heavy atom. The third-order valence-electron chi connectivity index (χ3n) is 4.26. The number of hydrogen-bond acceptors (Lipinski definition) is 4. The van der Waals surface area contributed by atoms with Gasteiger partial charge in [0.15, 0.2) is 6.61 Å². The summed E-state index contributed by atoms with van der Waals surface area (Å²) >= 11 is 0. The molecule has 0 unspecified atom stereocenters. The lowest BCUT2D eigenvalue weighted by Gasteiger charge is -2.20. The van der Waals surface area contributed by atoms with Gasteiger partial charge in [-0.2, -0.15) is 0 Å². The molecule has 0 aliphatic heterocycles. The molecule has 0 atom stereocenters. The van der Waals surface area contributed by atoms with Crippen LogP contribution in [0.1, 0.15) is 34.0 Å². The quantitative estimate of drug-likeness (QED) is 0.692. The van der Waals surface area contributed by atoms with Crippen LogP contribution in [0.15, 0.2) is 42.5 Å². The van der Waals surface area contributed by atoms with Crippen LogP contribution < -0.4 is 5.32 Å². The fourth-order valence-corrected chi connectivity index (χ4v) is 2.80. The van der Waals surface area contributed by atoms with Crippen LogP contribution in [0, 0.1) is 19.7 Å². The number of rotatable bonds is 8. The average Bonchev–Trinajstić information content (AvgIpc) is 2.68. The van der Waals surface area contributed by atoms with E-state index in [9.17, 15) is 18.8 Å². The molecule has 2 amide bonds. The van der Waals surface area contributed by atoms with Gasteiger partial charge in [-0.3, -0.25) is 9.59 Å². The van der Waals surface area contributed by atoms with E-state index in [0.29, 0.717) is 12.1 Å². The molecule has 7 heteroatoms. The van der Waals surface area contributed by atoms with Crippen molar-refractivity contribution in [3.05, 3.63) is 70.5 Å². The van der Waals surface area contributed by atoms with E-state index in [2.05, 4.69) is 5.32 Å². The van der Waals surface area contributed by atoms with Crippen LogP contribution >= 0.6 is 0 Å². The summed E-state index contributed by atoms with van der Waals surface area (Å²) in [5.74, 6) is -1.74. The van der Waals surface area contributed by atoms with Gasteiger partial charge in [0, 0.05) is 13.1 Å². The largest absolute Gasteiger partial charge is 0.452 e. The first-order chi connectivity index (χ1) is 13.8. The Morgan fingerprint density at radius 1 is 1.03 bits per heavy atom. The smallest absolute Gasteiger partial charge is 0.338 e. The molecule has 0 aliphatic carbocycles. The summed E-state index contributed by atoms with van der Waals surface area (Å²) in [5, 5.41) is 2.68. The summed E-state index contributed by atoms with van der Waals surface area (Å²) < 4.78 is 18.0. The van der Waals surface area contributed by atoms with Crippen LogP contribution in [-0.2, 0) is 20.9 Å². The molecule has 2 aromatic carbocycles. The van der Waals surface area contributed by atoms with Gasteiger partial charge in [0.2, 0.25) is 5.91 Å². The summed E-state index contributed by atoms with van der Waals surface area (Å²) in [5.41, 5.74) is 2.99. The van der Waals surface area contributed by atoms with Crippen molar-refractivity contribution in [2.24, 2.45) is 0 Å². The van der Waals surface area contributed by atoms with E-state index >= 15 is 0 Å². The Balaban J connectivity index is 1.83. The predicted molar refractivity (Wildman–Crippen MR) is 107 cm³/mol. The van der Waals surface area contributed by atoms with Gasteiger partial charge in [-0.25, -0.2) is 9.18 Å². The number of likely N-dealkylation sites (N-methyl/N-ethyl adjacent to an activating group) is 1. The molecule has 0 spiro atoms. The average molecular weight is 400 g/mol. The molecular weight excluding hydrogens is 375 g/mol. The number of benzene rings is 2. The Hall–Kier alpha value is -3.22. The molecule has 0 aliphatic rings. The van der Waals surface area contributed by atoms with E-state index in [1.165, 1.54) is 17.0 Å². The normalized spacial score (nSPS) is 10.3. The highest BCUT2D eigenvalue weighted by Gasteiger charge is 2.18. The van der Waals surface area contributed by atoms with Crippen molar-refractivity contribution in [3.8, 4) is 0 Å². The number of esters is 1. The summed E-state index contributed by atoms with van der Waals surface area (Å²) in [7, 11) is 0. The number of carbonyl (C=O) groups is 3. The second-order valence-electron chi connectivity index (χ2n) is 6.76. The molecule has 0 heterocycles. The molecule has 2 rings (SSSR count). The number of nitrogens with zero attached hydrogens (tertiary/aromatic N) is 1. The van der Waals surface area contributed by atoms with E-state index in [4.69, 9.17) is 4.74 Å². The monoisotopic (exact) mass is 400 g/mol. The minimum absolute atomic E-state index is 0.155. The number of carbonyl (C=O) groups excluding carboxylic acids is 3. The van der Waals surface area contributed by atoms with Gasteiger partial charge in [0.1, 0.15) is 5.82 Å². The maximum atomic E-state index is 12.9. The third-order valence-corrected chi connectivity index (χ3v) is 4.26. The highest BCUT2D eigenvalue weighted by Crippen LogP contribution is 2.10. The van der Waals surface area contributed by atoms with Crippen LogP contribution in [0.4, 0.5) is 4.39 Å². The van der Waals surface area contributed by atoms with Crippen LogP contribution in [0.25, 0.3) is 0 Å². The van der Waals surface area contributed by atoms with Crippen molar-refractivity contribution in [2.45, 2.75) is 27.3 Å². The topological polar surface area (TPSA) is 75.7 Å². The van der Waals surface area contributed by atoms with Crippen LogP contribution in [0.3, 0.4) is 0 Å². The molecule has 1 N–H and O–H groups in total. The maximum absolute atomic E-state index is 12.9. The lowest BCUT2D eigenvalue weighted by Crippen LogP contribution is -2.42. The molecule has 0 saturated heterocycles. The Bertz CT molecular complexity index is 861.